The van der Waals surface area contributed by atoms with Gasteiger partial charge >= 0.3 is 0 Å². The van der Waals surface area contributed by atoms with Crippen LogP contribution in [-0.4, -0.2) is 51.2 Å². The highest BCUT2D eigenvalue weighted by atomic mass is 32.2. The van der Waals surface area contributed by atoms with E-state index in [1.54, 1.807) is 19.0 Å². The summed E-state index contributed by atoms with van der Waals surface area (Å²) < 4.78 is 51.1. The maximum absolute atomic E-state index is 12.4. The van der Waals surface area contributed by atoms with Crippen LogP contribution >= 0.6 is 0 Å². The molecule has 1 unspecified atom stereocenters. The van der Waals surface area contributed by atoms with Gasteiger partial charge in [-0.25, -0.2) is 21.9 Å². The molecule has 0 aromatic heterocycles. The summed E-state index contributed by atoms with van der Waals surface area (Å²) in [6.07, 6.45) is -2.58. The average molecular weight is 336 g/mol. The van der Waals surface area contributed by atoms with Crippen molar-refractivity contribution in [2.24, 2.45) is 0 Å². The highest BCUT2D eigenvalue weighted by Crippen LogP contribution is 2.19. The number of nitrogens with one attached hydrogen (secondary N) is 1. The molecule has 0 spiro atoms. The normalized spacial score (nSPS) is 15.3. The van der Waals surface area contributed by atoms with Gasteiger partial charge in [0.05, 0.1) is 11.4 Å². The van der Waals surface area contributed by atoms with Crippen molar-refractivity contribution in [2.45, 2.75) is 24.7 Å². The van der Waals surface area contributed by atoms with Crippen LogP contribution in [0.1, 0.15) is 24.5 Å². The molecule has 1 aromatic carbocycles. The van der Waals surface area contributed by atoms with Gasteiger partial charge in [-0.05, 0) is 26.6 Å². The minimum Gasteiger partial charge on any atom is -0.387 e. The number of sulfonamides is 1. The van der Waals surface area contributed by atoms with E-state index in [1.807, 2.05) is 0 Å². The van der Waals surface area contributed by atoms with Crippen LogP contribution in [0.2, 0.25) is 0 Å². The molecule has 1 aromatic rings. The first-order valence-corrected chi connectivity index (χ1v) is 8.37. The maximum Gasteiger partial charge on any atom is 0.263 e. The zero-order chi connectivity index (χ0) is 17.0. The smallest absolute Gasteiger partial charge is 0.263 e. The third kappa shape index (κ3) is 6.78. The lowest BCUT2D eigenvalue weighted by Crippen LogP contribution is -2.47. The number of hydrogen-bond donors (Lipinski definition) is 2. The Kier molecular flexibility index (Phi) is 6.42. The summed E-state index contributed by atoms with van der Waals surface area (Å²) in [6.45, 7) is 1.72. The Hall–Kier alpha value is -1.09. The van der Waals surface area contributed by atoms with Crippen LogP contribution < -0.4 is 4.72 Å². The summed E-state index contributed by atoms with van der Waals surface area (Å²) in [5.41, 5.74) is -0.942. The molecule has 22 heavy (non-hydrogen) atoms. The number of halogens is 2. The molecule has 0 saturated carbocycles. The number of benzene rings is 1. The zero-order valence-electron chi connectivity index (χ0n) is 12.9. The molecule has 0 fully saturated rings. The largest absolute Gasteiger partial charge is 0.387 e. The second-order valence-corrected chi connectivity index (χ2v) is 7.66. The van der Waals surface area contributed by atoms with Crippen LogP contribution in [0, 0.1) is 0 Å². The topological polar surface area (TPSA) is 69.6 Å². The van der Waals surface area contributed by atoms with Crippen LogP contribution in [0.3, 0.4) is 0 Å². The highest BCUT2D eigenvalue weighted by molar-refractivity contribution is 7.88. The summed E-state index contributed by atoms with van der Waals surface area (Å²) in [5, 5.41) is 10.1. The predicted molar refractivity (Wildman–Crippen MR) is 81.2 cm³/mol. The molecule has 2 N–H and O–H groups in total. The highest BCUT2D eigenvalue weighted by Gasteiger charge is 2.24. The molecule has 1 atom stereocenters. The van der Waals surface area contributed by atoms with Gasteiger partial charge in [-0.15, -0.1) is 0 Å². The Morgan fingerprint density at radius 2 is 1.82 bits per heavy atom. The number of likely N-dealkylation sites (N-methyl/N-ethyl adjacent to an activating group) is 1. The summed E-state index contributed by atoms with van der Waals surface area (Å²) in [5.74, 6) is -0.325. The summed E-state index contributed by atoms with van der Waals surface area (Å²) in [4.78, 5) is 1.75. The van der Waals surface area contributed by atoms with Gasteiger partial charge in [-0.2, -0.15) is 0 Å². The molecule has 126 valence electrons. The fourth-order valence-corrected chi connectivity index (χ4v) is 3.30. The number of alkyl halides is 2. The lowest BCUT2D eigenvalue weighted by molar-refractivity contribution is 0.0386. The molecule has 0 bridgehead atoms. The molecule has 0 amide bonds. The Morgan fingerprint density at radius 1 is 1.27 bits per heavy atom. The van der Waals surface area contributed by atoms with Gasteiger partial charge in [0.25, 0.3) is 6.43 Å². The SMILES string of the molecule is CN(C)CC(C)(O)CNS(=O)(=O)Cc1ccc(C(F)F)cc1. The molecule has 0 aliphatic rings. The van der Waals surface area contributed by atoms with Crippen molar-refractivity contribution in [3.05, 3.63) is 35.4 Å². The van der Waals surface area contributed by atoms with E-state index in [4.69, 9.17) is 0 Å². The van der Waals surface area contributed by atoms with E-state index in [-0.39, 0.29) is 17.9 Å². The summed E-state index contributed by atoms with van der Waals surface area (Å²) in [7, 11) is -0.110. The average Bonchev–Trinajstić information content (AvgIpc) is 2.35. The van der Waals surface area contributed by atoms with E-state index in [9.17, 15) is 22.3 Å². The van der Waals surface area contributed by atoms with Crippen molar-refractivity contribution in [3.8, 4) is 0 Å². The monoisotopic (exact) mass is 336 g/mol. The Balaban J connectivity index is 2.64. The third-order valence-corrected chi connectivity index (χ3v) is 4.22. The van der Waals surface area contributed by atoms with Crippen LogP contribution in [-0.2, 0) is 15.8 Å². The van der Waals surface area contributed by atoms with E-state index in [1.165, 1.54) is 31.2 Å². The fourth-order valence-electron chi connectivity index (χ4n) is 2.03. The molecular formula is C14H22F2N2O3S. The molecule has 0 heterocycles. The summed E-state index contributed by atoms with van der Waals surface area (Å²) in [6, 6.07) is 5.13. The van der Waals surface area contributed by atoms with E-state index >= 15 is 0 Å². The Bertz CT molecular complexity index is 572. The standard InChI is InChI=1S/C14H22F2N2O3S/c1-14(19,10-18(2)3)9-17-22(20,21)8-11-4-6-12(7-5-11)13(15)16/h4-7,13,17,19H,8-10H2,1-3H3. The first kappa shape index (κ1) is 19.0. The van der Waals surface area contributed by atoms with Gasteiger partial charge in [-0.1, -0.05) is 24.3 Å². The second-order valence-electron chi connectivity index (χ2n) is 5.86. The first-order valence-electron chi connectivity index (χ1n) is 6.72. The minimum absolute atomic E-state index is 0.122. The number of hydrogen-bond acceptors (Lipinski definition) is 4. The molecule has 0 aliphatic heterocycles. The fraction of sp³-hybridized carbons (Fsp3) is 0.571. The van der Waals surface area contributed by atoms with Gasteiger partial charge in [0.15, 0.2) is 0 Å². The molecule has 0 aliphatic carbocycles. The van der Waals surface area contributed by atoms with Crippen molar-refractivity contribution in [3.63, 3.8) is 0 Å². The van der Waals surface area contributed by atoms with Gasteiger partial charge in [-0.3, -0.25) is 0 Å². The van der Waals surface area contributed by atoms with E-state index in [2.05, 4.69) is 4.72 Å². The summed E-state index contributed by atoms with van der Waals surface area (Å²) >= 11 is 0. The molecule has 5 nitrogen and oxygen atoms in total. The Labute approximate surface area is 130 Å². The zero-order valence-corrected chi connectivity index (χ0v) is 13.7. The molecule has 1 rings (SSSR count). The number of aliphatic hydroxyl groups is 1. The molecule has 0 saturated heterocycles. The van der Waals surface area contributed by atoms with Crippen LogP contribution in [0.4, 0.5) is 8.78 Å². The lowest BCUT2D eigenvalue weighted by atomic mass is 10.1. The van der Waals surface area contributed by atoms with Crippen LogP contribution in [0.15, 0.2) is 24.3 Å². The van der Waals surface area contributed by atoms with E-state index < -0.39 is 22.0 Å². The number of nitrogens with zero attached hydrogens (tertiary/aromatic N) is 1. The number of rotatable bonds is 8. The van der Waals surface area contributed by atoms with Gasteiger partial charge in [0.1, 0.15) is 0 Å². The lowest BCUT2D eigenvalue weighted by Gasteiger charge is -2.27. The van der Waals surface area contributed by atoms with Crippen LogP contribution in [0.25, 0.3) is 0 Å². The van der Waals surface area contributed by atoms with Gasteiger partial charge in [0, 0.05) is 18.7 Å². The van der Waals surface area contributed by atoms with Crippen molar-refractivity contribution < 1.29 is 22.3 Å². The molecule has 0 radical (unpaired) electrons. The van der Waals surface area contributed by atoms with Crippen molar-refractivity contribution >= 4 is 10.0 Å². The Morgan fingerprint density at radius 3 is 2.27 bits per heavy atom. The molecular weight excluding hydrogens is 314 g/mol. The van der Waals surface area contributed by atoms with Crippen molar-refractivity contribution in [2.75, 3.05) is 27.2 Å². The van der Waals surface area contributed by atoms with Crippen molar-refractivity contribution in [1.82, 2.24) is 9.62 Å². The van der Waals surface area contributed by atoms with Crippen molar-refractivity contribution in [1.29, 1.82) is 0 Å². The first-order chi connectivity index (χ1) is 10.0. The van der Waals surface area contributed by atoms with Crippen LogP contribution in [0.5, 0.6) is 0 Å². The van der Waals surface area contributed by atoms with Gasteiger partial charge in [0.2, 0.25) is 10.0 Å². The third-order valence-electron chi connectivity index (χ3n) is 2.92. The van der Waals surface area contributed by atoms with E-state index in [0.29, 0.717) is 12.1 Å². The quantitative estimate of drug-likeness (QED) is 0.752. The maximum atomic E-state index is 12.4. The minimum atomic E-state index is -3.65. The predicted octanol–water partition coefficient (Wildman–Crippen LogP) is 1.36. The molecule has 8 heteroatoms. The second kappa shape index (κ2) is 7.45. The van der Waals surface area contributed by atoms with Gasteiger partial charge < -0.3 is 10.0 Å². The van der Waals surface area contributed by atoms with E-state index in [0.717, 1.165) is 0 Å².